The van der Waals surface area contributed by atoms with Crippen LogP contribution in [0, 0.1) is 0 Å². The van der Waals surface area contributed by atoms with Crippen molar-refractivity contribution in [2.45, 2.75) is 39.0 Å². The van der Waals surface area contributed by atoms with Gasteiger partial charge in [-0.25, -0.2) is 4.79 Å². The van der Waals surface area contributed by atoms with E-state index in [-0.39, 0.29) is 12.2 Å². The zero-order valence-corrected chi connectivity index (χ0v) is 17.2. The lowest BCUT2D eigenvalue weighted by Crippen LogP contribution is -2.49. The topological polar surface area (TPSA) is 54.0 Å². The number of amides is 1. The summed E-state index contributed by atoms with van der Waals surface area (Å²) in [5.74, 6) is 0. The van der Waals surface area contributed by atoms with Crippen LogP contribution in [0.5, 0.6) is 0 Å². The van der Waals surface area contributed by atoms with Crippen molar-refractivity contribution in [1.29, 1.82) is 0 Å². The Morgan fingerprint density at radius 3 is 2.67 bits per heavy atom. The number of morpholine rings is 1. The summed E-state index contributed by atoms with van der Waals surface area (Å²) >= 11 is 6.24. The Morgan fingerprint density at radius 2 is 2.04 bits per heavy atom. The van der Waals surface area contributed by atoms with E-state index in [0.717, 1.165) is 43.3 Å². The first kappa shape index (κ1) is 20.4. The van der Waals surface area contributed by atoms with Gasteiger partial charge in [0.2, 0.25) is 0 Å². The molecule has 3 rings (SSSR count). The summed E-state index contributed by atoms with van der Waals surface area (Å²) in [7, 11) is 0. The number of carbonyl (C=O) groups is 1. The normalized spacial score (nSPS) is 21.9. The average molecular weight is 396 g/mol. The Balaban J connectivity index is 1.60. The first-order chi connectivity index (χ1) is 12.8. The number of halogens is 1. The third-order valence-electron chi connectivity index (χ3n) is 4.80. The lowest BCUT2D eigenvalue weighted by molar-refractivity contribution is 0.0134. The first-order valence-electron chi connectivity index (χ1n) is 9.63. The van der Waals surface area contributed by atoms with E-state index in [1.165, 1.54) is 5.56 Å². The molecule has 2 aliphatic rings. The van der Waals surface area contributed by atoms with Gasteiger partial charge in [-0.05, 0) is 44.0 Å². The molecule has 1 unspecified atom stereocenters. The van der Waals surface area contributed by atoms with Gasteiger partial charge in [-0.1, -0.05) is 17.7 Å². The fourth-order valence-electron chi connectivity index (χ4n) is 3.43. The summed E-state index contributed by atoms with van der Waals surface area (Å²) in [5, 5.41) is 4.11. The minimum absolute atomic E-state index is 0.0375. The van der Waals surface area contributed by atoms with Crippen molar-refractivity contribution in [3.8, 4) is 0 Å². The molecule has 27 heavy (non-hydrogen) atoms. The van der Waals surface area contributed by atoms with Gasteiger partial charge in [0.15, 0.2) is 0 Å². The molecule has 6 nitrogen and oxygen atoms in total. The molecule has 0 aromatic heterocycles. The van der Waals surface area contributed by atoms with E-state index in [9.17, 15) is 4.79 Å². The fourth-order valence-corrected chi connectivity index (χ4v) is 3.61. The van der Waals surface area contributed by atoms with Crippen molar-refractivity contribution in [1.82, 2.24) is 15.1 Å². The van der Waals surface area contributed by atoms with Crippen molar-refractivity contribution in [3.63, 3.8) is 0 Å². The van der Waals surface area contributed by atoms with Gasteiger partial charge >= 0.3 is 6.09 Å². The highest BCUT2D eigenvalue weighted by atomic mass is 35.5. The van der Waals surface area contributed by atoms with E-state index < -0.39 is 5.60 Å². The first-order valence-corrected chi connectivity index (χ1v) is 10.0. The molecule has 1 atom stereocenters. The largest absolute Gasteiger partial charge is 0.444 e. The molecule has 1 amide bonds. The number of piperazine rings is 1. The maximum absolute atomic E-state index is 12.2. The van der Waals surface area contributed by atoms with Gasteiger partial charge in [0.1, 0.15) is 5.60 Å². The second-order valence-corrected chi connectivity index (χ2v) is 8.59. The zero-order valence-electron chi connectivity index (χ0n) is 16.5. The number of carbonyl (C=O) groups excluding carboxylic acids is 1. The lowest BCUT2D eigenvalue weighted by atomic mass is 10.0. The number of nitrogens with zero attached hydrogens (tertiary/aromatic N) is 2. The second-order valence-electron chi connectivity index (χ2n) is 8.15. The van der Waals surface area contributed by atoms with Crippen LogP contribution in [0.4, 0.5) is 4.79 Å². The Morgan fingerprint density at radius 1 is 1.30 bits per heavy atom. The number of hydrogen-bond donors (Lipinski definition) is 1. The number of nitrogens with one attached hydrogen (secondary N) is 1. The van der Waals surface area contributed by atoms with Gasteiger partial charge in [-0.15, -0.1) is 0 Å². The van der Waals surface area contributed by atoms with Crippen LogP contribution < -0.4 is 5.32 Å². The SMILES string of the molecule is CC(C)(C)OC(=O)N1CCN(Cc2ccc(Cl)cc2C2CNCCO2)CC1. The molecule has 0 aliphatic carbocycles. The molecule has 0 saturated carbocycles. The minimum Gasteiger partial charge on any atom is -0.444 e. The number of rotatable bonds is 3. The highest BCUT2D eigenvalue weighted by Gasteiger charge is 2.27. The summed E-state index contributed by atoms with van der Waals surface area (Å²) in [4.78, 5) is 16.4. The van der Waals surface area contributed by atoms with E-state index in [1.54, 1.807) is 4.90 Å². The Bertz CT molecular complexity index is 648. The van der Waals surface area contributed by atoms with Crippen LogP contribution in [0.25, 0.3) is 0 Å². The monoisotopic (exact) mass is 395 g/mol. The maximum atomic E-state index is 12.2. The molecule has 2 saturated heterocycles. The van der Waals surface area contributed by atoms with Crippen molar-refractivity contribution < 1.29 is 14.3 Å². The number of ether oxygens (including phenoxy) is 2. The van der Waals surface area contributed by atoms with Gasteiger partial charge in [-0.2, -0.15) is 0 Å². The average Bonchev–Trinajstić information content (AvgIpc) is 2.63. The molecule has 0 radical (unpaired) electrons. The Labute approximate surface area is 166 Å². The molecule has 2 fully saturated rings. The lowest BCUT2D eigenvalue weighted by Gasteiger charge is -2.36. The van der Waals surface area contributed by atoms with Crippen LogP contribution in [0.15, 0.2) is 18.2 Å². The smallest absolute Gasteiger partial charge is 0.410 e. The second kappa shape index (κ2) is 8.78. The highest BCUT2D eigenvalue weighted by Crippen LogP contribution is 2.27. The predicted molar refractivity (Wildman–Crippen MR) is 106 cm³/mol. The summed E-state index contributed by atoms with van der Waals surface area (Å²) < 4.78 is 11.4. The van der Waals surface area contributed by atoms with Crippen molar-refractivity contribution in [3.05, 3.63) is 34.3 Å². The van der Waals surface area contributed by atoms with Crippen LogP contribution in [0.1, 0.15) is 38.0 Å². The van der Waals surface area contributed by atoms with Gasteiger partial charge in [-0.3, -0.25) is 4.90 Å². The van der Waals surface area contributed by atoms with Gasteiger partial charge in [0, 0.05) is 50.8 Å². The highest BCUT2D eigenvalue weighted by molar-refractivity contribution is 6.30. The van der Waals surface area contributed by atoms with Crippen molar-refractivity contribution in [2.75, 3.05) is 45.9 Å². The zero-order chi connectivity index (χ0) is 19.4. The number of hydrogen-bond acceptors (Lipinski definition) is 5. The molecule has 0 spiro atoms. The van der Waals surface area contributed by atoms with E-state index in [1.807, 2.05) is 32.9 Å². The van der Waals surface area contributed by atoms with Crippen LogP contribution in [-0.2, 0) is 16.0 Å². The molecule has 1 N–H and O–H groups in total. The molecule has 7 heteroatoms. The van der Waals surface area contributed by atoms with Crippen LogP contribution in [0.3, 0.4) is 0 Å². The molecular formula is C20H30ClN3O3. The van der Waals surface area contributed by atoms with Gasteiger partial charge in [0.05, 0.1) is 12.7 Å². The van der Waals surface area contributed by atoms with Crippen molar-refractivity contribution in [2.24, 2.45) is 0 Å². The molecule has 1 aromatic rings. The third-order valence-corrected chi connectivity index (χ3v) is 5.04. The van der Waals surface area contributed by atoms with E-state index >= 15 is 0 Å². The molecule has 0 bridgehead atoms. The molecule has 150 valence electrons. The molecule has 1 aromatic carbocycles. The van der Waals surface area contributed by atoms with Crippen LogP contribution in [-0.4, -0.2) is 67.4 Å². The van der Waals surface area contributed by atoms with E-state index in [4.69, 9.17) is 21.1 Å². The predicted octanol–water partition coefficient (Wildman–Crippen LogP) is 3.05. The summed E-state index contributed by atoms with van der Waals surface area (Å²) in [6, 6.07) is 6.05. The Kier molecular flexibility index (Phi) is 6.63. The molecular weight excluding hydrogens is 366 g/mol. The standard InChI is InChI=1S/C20H30ClN3O3/c1-20(2,3)27-19(25)24-9-7-23(8-10-24)14-15-4-5-16(21)12-17(15)18-13-22-6-11-26-18/h4-5,12,18,22H,6-11,13-14H2,1-3H3. The quantitative estimate of drug-likeness (QED) is 0.852. The Hall–Kier alpha value is -1.34. The minimum atomic E-state index is -0.458. The van der Waals surface area contributed by atoms with Crippen LogP contribution >= 0.6 is 11.6 Å². The molecule has 2 heterocycles. The molecule has 2 aliphatic heterocycles. The van der Waals surface area contributed by atoms with Crippen LogP contribution in [0.2, 0.25) is 5.02 Å². The number of benzene rings is 1. The summed E-state index contributed by atoms with van der Waals surface area (Å²) in [5.41, 5.74) is 1.93. The summed E-state index contributed by atoms with van der Waals surface area (Å²) in [6.07, 6.45) is -0.188. The van der Waals surface area contributed by atoms with Gasteiger partial charge in [0.25, 0.3) is 0 Å². The fraction of sp³-hybridized carbons (Fsp3) is 0.650. The maximum Gasteiger partial charge on any atom is 0.410 e. The van der Waals surface area contributed by atoms with E-state index in [0.29, 0.717) is 19.7 Å². The van der Waals surface area contributed by atoms with E-state index in [2.05, 4.69) is 16.3 Å². The summed E-state index contributed by atoms with van der Waals surface area (Å²) in [6.45, 7) is 11.9. The van der Waals surface area contributed by atoms with Gasteiger partial charge < -0.3 is 19.7 Å². The van der Waals surface area contributed by atoms with Crippen molar-refractivity contribution >= 4 is 17.7 Å². The third kappa shape index (κ3) is 5.82.